The number of hydrogen-bond donors (Lipinski definition) is 1. The van der Waals surface area contributed by atoms with Crippen LogP contribution in [-0.4, -0.2) is 28.7 Å². The Balaban J connectivity index is 1.51. The van der Waals surface area contributed by atoms with Crippen LogP contribution in [0.15, 0.2) is 54.6 Å². The number of nitrogens with zero attached hydrogens (tertiary/aromatic N) is 2. The standard InChI is InChI=1S/C28H30FN3O/c1-18(30)28(2,3)25-21-7-6-8-23(29)26(21)33-27-22(25)13-14-24(31-27)20-11-9-19(10-12-20)17-32-15-4-5-16-32/h6-14,25,30H,4-5,15-17H2,1-3H3. The smallest absolute Gasteiger partial charge is 0.223 e. The second kappa shape index (κ2) is 8.38. The number of ether oxygens (including phenoxy) is 1. The molecular formula is C28H30FN3O. The first-order chi connectivity index (χ1) is 15.8. The molecule has 33 heavy (non-hydrogen) atoms. The van der Waals surface area contributed by atoms with Gasteiger partial charge in [0.25, 0.3) is 0 Å². The molecule has 2 aromatic carbocycles. The normalized spacial score (nSPS) is 17.9. The monoisotopic (exact) mass is 443 g/mol. The van der Waals surface area contributed by atoms with E-state index in [1.165, 1.54) is 37.6 Å². The second-order valence-corrected chi connectivity index (χ2v) is 9.81. The quantitative estimate of drug-likeness (QED) is 0.442. The van der Waals surface area contributed by atoms with E-state index >= 15 is 0 Å². The molecular weight excluding hydrogens is 413 g/mol. The Morgan fingerprint density at radius 3 is 2.48 bits per heavy atom. The fourth-order valence-corrected chi connectivity index (χ4v) is 5.01. The highest BCUT2D eigenvalue weighted by molar-refractivity contribution is 5.86. The van der Waals surface area contributed by atoms with Gasteiger partial charge >= 0.3 is 0 Å². The summed E-state index contributed by atoms with van der Waals surface area (Å²) in [5.41, 5.74) is 4.78. The zero-order valence-corrected chi connectivity index (χ0v) is 19.5. The largest absolute Gasteiger partial charge is 0.435 e. The van der Waals surface area contributed by atoms with Crippen LogP contribution < -0.4 is 4.74 Å². The molecule has 0 bridgehead atoms. The highest BCUT2D eigenvalue weighted by Gasteiger charge is 2.41. The van der Waals surface area contributed by atoms with Crippen molar-refractivity contribution in [3.05, 3.63) is 77.1 Å². The fourth-order valence-electron chi connectivity index (χ4n) is 5.01. The SMILES string of the molecule is CC(=N)C(C)(C)C1c2ccc(-c3ccc(CN4CCCC4)cc3)nc2Oc2c(F)cccc21. The van der Waals surface area contributed by atoms with Crippen molar-refractivity contribution in [3.63, 3.8) is 0 Å². The number of rotatable bonds is 5. The minimum absolute atomic E-state index is 0.214. The van der Waals surface area contributed by atoms with E-state index in [4.69, 9.17) is 15.1 Å². The molecule has 5 heteroatoms. The summed E-state index contributed by atoms with van der Waals surface area (Å²) in [5.74, 6) is 0.0226. The molecule has 0 aliphatic carbocycles. The summed E-state index contributed by atoms with van der Waals surface area (Å²) < 4.78 is 20.8. The molecule has 0 amide bonds. The predicted octanol–water partition coefficient (Wildman–Crippen LogP) is 6.79. The van der Waals surface area contributed by atoms with Crippen LogP contribution in [-0.2, 0) is 6.54 Å². The highest BCUT2D eigenvalue weighted by Crippen LogP contribution is 2.52. The van der Waals surface area contributed by atoms with Crippen LogP contribution in [0.25, 0.3) is 11.3 Å². The molecule has 0 saturated carbocycles. The van der Waals surface area contributed by atoms with Gasteiger partial charge in [0.1, 0.15) is 0 Å². The molecule has 170 valence electrons. The average Bonchev–Trinajstić information content (AvgIpc) is 3.31. The molecule has 3 heterocycles. The Hall–Kier alpha value is -3.05. The summed E-state index contributed by atoms with van der Waals surface area (Å²) in [4.78, 5) is 7.30. The molecule has 1 aromatic heterocycles. The van der Waals surface area contributed by atoms with Crippen LogP contribution in [0.1, 0.15) is 56.2 Å². The molecule has 1 saturated heterocycles. The van der Waals surface area contributed by atoms with Crippen molar-refractivity contribution in [2.24, 2.45) is 5.41 Å². The number of para-hydroxylation sites is 1. The van der Waals surface area contributed by atoms with Gasteiger partial charge < -0.3 is 10.1 Å². The van der Waals surface area contributed by atoms with Crippen LogP contribution in [0.2, 0.25) is 0 Å². The minimum Gasteiger partial charge on any atom is -0.435 e. The van der Waals surface area contributed by atoms with Crippen molar-refractivity contribution in [3.8, 4) is 22.9 Å². The van der Waals surface area contributed by atoms with E-state index in [-0.39, 0.29) is 11.7 Å². The van der Waals surface area contributed by atoms with Crippen molar-refractivity contribution in [2.45, 2.75) is 46.1 Å². The van der Waals surface area contributed by atoms with Crippen LogP contribution in [0.3, 0.4) is 0 Å². The third kappa shape index (κ3) is 3.95. The number of pyridine rings is 1. The lowest BCUT2D eigenvalue weighted by Gasteiger charge is -2.38. The van der Waals surface area contributed by atoms with Gasteiger partial charge in [-0.3, -0.25) is 4.90 Å². The van der Waals surface area contributed by atoms with Gasteiger partial charge in [0.15, 0.2) is 11.6 Å². The summed E-state index contributed by atoms with van der Waals surface area (Å²) in [6.45, 7) is 9.19. The summed E-state index contributed by atoms with van der Waals surface area (Å²) in [6.07, 6.45) is 2.58. The Kier molecular flexibility index (Phi) is 5.53. The second-order valence-electron chi connectivity index (χ2n) is 9.81. The lowest BCUT2D eigenvalue weighted by atomic mass is 9.68. The van der Waals surface area contributed by atoms with Gasteiger partial charge in [-0.2, -0.15) is 0 Å². The first kappa shape index (κ1) is 21.8. The van der Waals surface area contributed by atoms with Crippen LogP contribution in [0.4, 0.5) is 4.39 Å². The summed E-state index contributed by atoms with van der Waals surface area (Å²) in [7, 11) is 0. The maximum absolute atomic E-state index is 14.8. The zero-order valence-electron chi connectivity index (χ0n) is 19.5. The van der Waals surface area contributed by atoms with Gasteiger partial charge in [0.2, 0.25) is 5.88 Å². The lowest BCUT2D eigenvalue weighted by Crippen LogP contribution is -2.32. The molecule has 1 N–H and O–H groups in total. The van der Waals surface area contributed by atoms with E-state index in [1.54, 1.807) is 13.0 Å². The van der Waals surface area contributed by atoms with Crippen molar-refractivity contribution in [1.82, 2.24) is 9.88 Å². The number of likely N-dealkylation sites (tertiary alicyclic amines) is 1. The molecule has 3 aromatic rings. The minimum atomic E-state index is -0.512. The van der Waals surface area contributed by atoms with Gasteiger partial charge in [-0.1, -0.05) is 56.3 Å². The van der Waals surface area contributed by atoms with Crippen molar-refractivity contribution in [2.75, 3.05) is 13.1 Å². The molecule has 1 atom stereocenters. The van der Waals surface area contributed by atoms with Gasteiger partial charge in [-0.05, 0) is 50.6 Å². The average molecular weight is 444 g/mol. The van der Waals surface area contributed by atoms with Crippen LogP contribution in [0.5, 0.6) is 11.6 Å². The van der Waals surface area contributed by atoms with Crippen molar-refractivity contribution in [1.29, 1.82) is 5.41 Å². The van der Waals surface area contributed by atoms with Crippen LogP contribution in [0, 0.1) is 16.6 Å². The molecule has 2 aliphatic heterocycles. The molecule has 1 fully saturated rings. The third-order valence-corrected chi connectivity index (χ3v) is 7.25. The summed E-state index contributed by atoms with van der Waals surface area (Å²) in [6, 6.07) is 17.6. The Labute approximate surface area is 194 Å². The zero-order chi connectivity index (χ0) is 23.2. The van der Waals surface area contributed by atoms with Gasteiger partial charge in [-0.15, -0.1) is 0 Å². The van der Waals surface area contributed by atoms with Gasteiger partial charge in [0.05, 0.1) is 5.69 Å². The Bertz CT molecular complexity index is 1200. The first-order valence-electron chi connectivity index (χ1n) is 11.7. The van der Waals surface area contributed by atoms with Gasteiger partial charge in [0, 0.05) is 40.3 Å². The van der Waals surface area contributed by atoms with Gasteiger partial charge in [-0.25, -0.2) is 9.37 Å². The Morgan fingerprint density at radius 2 is 1.79 bits per heavy atom. The van der Waals surface area contributed by atoms with Crippen molar-refractivity contribution >= 4 is 5.71 Å². The summed E-state index contributed by atoms with van der Waals surface area (Å²) in [5, 5.41) is 8.39. The lowest BCUT2D eigenvalue weighted by molar-refractivity contribution is 0.331. The third-order valence-electron chi connectivity index (χ3n) is 7.25. The highest BCUT2D eigenvalue weighted by atomic mass is 19.1. The molecule has 0 spiro atoms. The number of hydrogen-bond acceptors (Lipinski definition) is 4. The topological polar surface area (TPSA) is 49.2 Å². The van der Waals surface area contributed by atoms with E-state index in [0.29, 0.717) is 11.6 Å². The van der Waals surface area contributed by atoms with E-state index in [2.05, 4.69) is 29.2 Å². The number of benzene rings is 2. The fraction of sp³-hybridized carbons (Fsp3) is 0.357. The van der Waals surface area contributed by atoms with E-state index in [1.807, 2.05) is 32.0 Å². The number of nitrogens with one attached hydrogen (secondary N) is 1. The molecule has 4 nitrogen and oxygen atoms in total. The maximum Gasteiger partial charge on any atom is 0.223 e. The van der Waals surface area contributed by atoms with E-state index in [9.17, 15) is 4.39 Å². The van der Waals surface area contributed by atoms with Crippen molar-refractivity contribution < 1.29 is 9.13 Å². The number of halogens is 1. The molecule has 1 unspecified atom stereocenters. The molecule has 5 rings (SSSR count). The molecule has 2 aliphatic rings. The summed E-state index contributed by atoms with van der Waals surface area (Å²) >= 11 is 0. The predicted molar refractivity (Wildman–Crippen MR) is 130 cm³/mol. The van der Waals surface area contributed by atoms with E-state index < -0.39 is 11.2 Å². The maximum atomic E-state index is 14.8. The van der Waals surface area contributed by atoms with E-state index in [0.717, 1.165) is 28.9 Å². The van der Waals surface area contributed by atoms with Crippen LogP contribution >= 0.6 is 0 Å². The number of fused-ring (bicyclic) bond motifs is 2. The Morgan fingerprint density at radius 1 is 1.06 bits per heavy atom. The molecule has 0 radical (unpaired) electrons. The first-order valence-corrected chi connectivity index (χ1v) is 11.7. The number of aromatic nitrogens is 1.